The van der Waals surface area contributed by atoms with E-state index in [4.69, 9.17) is 27.9 Å². The van der Waals surface area contributed by atoms with E-state index in [2.05, 4.69) is 5.32 Å². The SMILES string of the molecule is CO[Si](CCCNCN)(C[Si](OC)(OC)OC)OC. The van der Waals surface area contributed by atoms with Crippen LogP contribution in [0.4, 0.5) is 0 Å². The highest BCUT2D eigenvalue weighted by atomic mass is 28.4. The van der Waals surface area contributed by atoms with E-state index in [0.717, 1.165) is 19.0 Å². The van der Waals surface area contributed by atoms with Crippen molar-refractivity contribution in [3.63, 3.8) is 0 Å². The van der Waals surface area contributed by atoms with Gasteiger partial charge >= 0.3 is 17.4 Å². The molecule has 0 bridgehead atoms. The van der Waals surface area contributed by atoms with Gasteiger partial charge in [0.25, 0.3) is 0 Å². The summed E-state index contributed by atoms with van der Waals surface area (Å²) in [5, 5.41) is 3.08. The molecule has 19 heavy (non-hydrogen) atoms. The van der Waals surface area contributed by atoms with E-state index in [1.165, 1.54) is 0 Å². The molecule has 0 heterocycles. The second-order valence-electron chi connectivity index (χ2n) is 4.10. The first-order valence-electron chi connectivity index (χ1n) is 6.24. The Kier molecular flexibility index (Phi) is 10.0. The third kappa shape index (κ3) is 5.98. The third-order valence-corrected chi connectivity index (χ3v) is 11.6. The first kappa shape index (κ1) is 19.2. The van der Waals surface area contributed by atoms with Crippen molar-refractivity contribution < 1.29 is 22.1 Å². The molecule has 116 valence electrons. The van der Waals surface area contributed by atoms with Crippen LogP contribution < -0.4 is 11.1 Å². The van der Waals surface area contributed by atoms with Gasteiger partial charge in [-0.25, -0.2) is 0 Å². The summed E-state index contributed by atoms with van der Waals surface area (Å²) < 4.78 is 27.7. The Morgan fingerprint density at radius 2 is 1.42 bits per heavy atom. The van der Waals surface area contributed by atoms with Crippen molar-refractivity contribution in [3.05, 3.63) is 0 Å². The summed E-state index contributed by atoms with van der Waals surface area (Å²) in [7, 11) is 3.05. The molecule has 0 saturated heterocycles. The maximum Gasteiger partial charge on any atom is 0.502 e. The lowest BCUT2D eigenvalue weighted by molar-refractivity contribution is 0.122. The minimum absolute atomic E-state index is 0.474. The fourth-order valence-electron chi connectivity index (χ4n) is 1.90. The van der Waals surface area contributed by atoms with Crippen molar-refractivity contribution in [3.8, 4) is 0 Å². The van der Waals surface area contributed by atoms with E-state index in [9.17, 15) is 0 Å². The zero-order chi connectivity index (χ0) is 14.8. The summed E-state index contributed by atoms with van der Waals surface area (Å²) in [6, 6.07) is 0.831. The Bertz CT molecular complexity index is 220. The second-order valence-corrected chi connectivity index (χ2v) is 11.2. The lowest BCUT2D eigenvalue weighted by Gasteiger charge is -2.34. The van der Waals surface area contributed by atoms with Gasteiger partial charge in [-0.2, -0.15) is 0 Å². The molecule has 0 amide bonds. The fraction of sp³-hybridized carbons (Fsp3) is 1.00. The molecule has 0 aromatic rings. The van der Waals surface area contributed by atoms with Crippen molar-refractivity contribution in [2.45, 2.75) is 18.1 Å². The predicted molar refractivity (Wildman–Crippen MR) is 77.8 cm³/mol. The van der Waals surface area contributed by atoms with Gasteiger partial charge in [-0.05, 0) is 19.0 Å². The van der Waals surface area contributed by atoms with E-state index >= 15 is 0 Å². The second kappa shape index (κ2) is 9.96. The molecule has 0 fully saturated rings. The molecule has 0 saturated carbocycles. The monoisotopic (exact) mass is 312 g/mol. The largest absolute Gasteiger partial charge is 0.502 e. The van der Waals surface area contributed by atoms with Crippen LogP contribution in [-0.4, -0.2) is 66.1 Å². The van der Waals surface area contributed by atoms with Crippen LogP contribution >= 0.6 is 0 Å². The van der Waals surface area contributed by atoms with E-state index < -0.39 is 17.4 Å². The average Bonchev–Trinajstić information content (AvgIpc) is 2.48. The van der Waals surface area contributed by atoms with Crippen molar-refractivity contribution >= 4 is 17.4 Å². The lowest BCUT2D eigenvalue weighted by Crippen LogP contribution is -2.54. The van der Waals surface area contributed by atoms with Crippen LogP contribution in [0.2, 0.25) is 11.7 Å². The molecule has 0 unspecified atom stereocenters. The molecule has 0 aromatic carbocycles. The highest BCUT2D eigenvalue weighted by molar-refractivity contribution is 6.83. The summed E-state index contributed by atoms with van der Waals surface area (Å²) in [6.45, 7) is 1.31. The Morgan fingerprint density at radius 1 is 0.895 bits per heavy atom. The molecular weight excluding hydrogens is 284 g/mol. The summed E-state index contributed by atoms with van der Waals surface area (Å²) in [4.78, 5) is 0. The molecule has 0 aliphatic heterocycles. The molecule has 3 N–H and O–H groups in total. The van der Waals surface area contributed by atoms with Crippen molar-refractivity contribution in [2.24, 2.45) is 5.73 Å². The molecular formula is C10H28N2O5Si2. The summed E-state index contributed by atoms with van der Waals surface area (Å²) >= 11 is 0. The van der Waals surface area contributed by atoms with Gasteiger partial charge in [0, 0.05) is 42.2 Å². The Balaban J connectivity index is 4.67. The fourth-order valence-corrected chi connectivity index (χ4v) is 9.92. The summed E-state index contributed by atoms with van der Waals surface area (Å²) in [5.74, 6) is 0. The number of rotatable bonds is 12. The molecule has 0 aromatic heterocycles. The standard InChI is InChI=1S/C10H28N2O5Si2/c1-13-18(14-2,8-6-7-12-9-11)10-19(15-3,16-4)17-5/h12H,6-11H2,1-5H3. The molecule has 0 rings (SSSR count). The molecule has 0 spiro atoms. The maximum absolute atomic E-state index is 5.68. The highest BCUT2D eigenvalue weighted by Crippen LogP contribution is 2.27. The smallest absolute Gasteiger partial charge is 0.398 e. The molecule has 0 aliphatic rings. The van der Waals surface area contributed by atoms with E-state index in [-0.39, 0.29) is 0 Å². The molecule has 0 radical (unpaired) electrons. The molecule has 7 nitrogen and oxygen atoms in total. The van der Waals surface area contributed by atoms with Crippen LogP contribution in [0.25, 0.3) is 0 Å². The normalized spacial score (nSPS) is 12.9. The maximum atomic E-state index is 5.68. The van der Waals surface area contributed by atoms with E-state index in [0.29, 0.717) is 12.3 Å². The minimum Gasteiger partial charge on any atom is -0.398 e. The van der Waals surface area contributed by atoms with Gasteiger partial charge in [-0.3, -0.25) is 0 Å². The molecule has 0 atom stereocenters. The van der Waals surface area contributed by atoms with Crippen LogP contribution in [0.3, 0.4) is 0 Å². The number of nitrogens with two attached hydrogens (primary N) is 1. The molecule has 9 heteroatoms. The van der Waals surface area contributed by atoms with Gasteiger partial charge in [0.1, 0.15) is 0 Å². The zero-order valence-electron chi connectivity index (χ0n) is 12.7. The van der Waals surface area contributed by atoms with Crippen LogP contribution in [0.15, 0.2) is 0 Å². The molecule has 0 aliphatic carbocycles. The summed E-state index contributed by atoms with van der Waals surface area (Å²) in [5.41, 5.74) is 5.96. The number of nitrogens with one attached hydrogen (secondary N) is 1. The topological polar surface area (TPSA) is 84.2 Å². The number of hydrogen-bond donors (Lipinski definition) is 2. The Morgan fingerprint density at radius 3 is 1.79 bits per heavy atom. The zero-order valence-corrected chi connectivity index (χ0v) is 14.7. The van der Waals surface area contributed by atoms with Crippen LogP contribution in [0.5, 0.6) is 0 Å². The first-order chi connectivity index (χ1) is 9.07. The quantitative estimate of drug-likeness (QED) is 0.299. The first-order valence-corrected chi connectivity index (χ1v) is 10.4. The van der Waals surface area contributed by atoms with Gasteiger partial charge in [0.2, 0.25) is 0 Å². The Labute approximate surface area is 118 Å². The predicted octanol–water partition coefficient (Wildman–Crippen LogP) is 0.0346. The van der Waals surface area contributed by atoms with Gasteiger partial charge in [-0.1, -0.05) is 0 Å². The highest BCUT2D eigenvalue weighted by Gasteiger charge is 2.51. The third-order valence-electron chi connectivity index (χ3n) is 3.22. The number of hydrogen-bond acceptors (Lipinski definition) is 7. The lowest BCUT2D eigenvalue weighted by atomic mass is 10.5. The summed E-state index contributed by atoms with van der Waals surface area (Å²) in [6.07, 6.45) is 0.923. The van der Waals surface area contributed by atoms with Crippen LogP contribution in [-0.2, 0) is 22.1 Å². The van der Waals surface area contributed by atoms with Crippen LogP contribution in [0.1, 0.15) is 6.42 Å². The van der Waals surface area contributed by atoms with Crippen LogP contribution in [0, 0.1) is 0 Å². The van der Waals surface area contributed by atoms with E-state index in [1.807, 2.05) is 0 Å². The van der Waals surface area contributed by atoms with Gasteiger partial charge in [-0.15, -0.1) is 0 Å². The van der Waals surface area contributed by atoms with Gasteiger partial charge in [0.15, 0.2) is 0 Å². The van der Waals surface area contributed by atoms with Crippen molar-refractivity contribution in [2.75, 3.05) is 48.8 Å². The van der Waals surface area contributed by atoms with E-state index in [1.54, 1.807) is 35.5 Å². The minimum atomic E-state index is -2.70. The Hall–Kier alpha value is 0.154. The van der Waals surface area contributed by atoms with Gasteiger partial charge < -0.3 is 33.2 Å². The van der Waals surface area contributed by atoms with Crippen molar-refractivity contribution in [1.29, 1.82) is 0 Å². The van der Waals surface area contributed by atoms with Crippen molar-refractivity contribution in [1.82, 2.24) is 5.32 Å². The van der Waals surface area contributed by atoms with Gasteiger partial charge in [0.05, 0.1) is 5.67 Å². The average molecular weight is 313 g/mol.